The highest BCUT2D eigenvalue weighted by Crippen LogP contribution is 2.18. The maximum absolute atomic E-state index is 3.53. The van der Waals surface area contributed by atoms with Crippen LogP contribution in [0.15, 0.2) is 24.3 Å². The zero-order valence-corrected chi connectivity index (χ0v) is 10.6. The lowest BCUT2D eigenvalue weighted by Crippen LogP contribution is -2.23. The van der Waals surface area contributed by atoms with Gasteiger partial charge in [0, 0.05) is 25.3 Å². The Hall–Kier alpha value is -1.06. The Morgan fingerprint density at radius 2 is 2.00 bits per heavy atom. The van der Waals surface area contributed by atoms with E-state index in [1.807, 2.05) is 7.05 Å². The van der Waals surface area contributed by atoms with Crippen LogP contribution in [0.1, 0.15) is 24.8 Å². The van der Waals surface area contributed by atoms with Crippen LogP contribution in [0.5, 0.6) is 0 Å². The van der Waals surface area contributed by atoms with E-state index in [1.54, 1.807) is 0 Å². The molecule has 1 fully saturated rings. The normalized spacial score (nSPS) is 14.9. The van der Waals surface area contributed by atoms with Gasteiger partial charge in [0.15, 0.2) is 0 Å². The Morgan fingerprint density at radius 3 is 2.76 bits per heavy atom. The first-order valence-electron chi connectivity index (χ1n) is 6.60. The van der Waals surface area contributed by atoms with Crippen LogP contribution in [0.2, 0.25) is 0 Å². The van der Waals surface area contributed by atoms with Crippen LogP contribution < -0.4 is 16.0 Å². The van der Waals surface area contributed by atoms with Gasteiger partial charge in [0.05, 0.1) is 0 Å². The van der Waals surface area contributed by atoms with E-state index in [2.05, 4.69) is 40.2 Å². The fraction of sp³-hybridized carbons (Fsp3) is 0.571. The second kappa shape index (κ2) is 6.62. The molecule has 3 nitrogen and oxygen atoms in total. The lowest BCUT2D eigenvalue weighted by Gasteiger charge is -2.10. The van der Waals surface area contributed by atoms with E-state index in [-0.39, 0.29) is 0 Å². The Balaban J connectivity index is 1.59. The highest BCUT2D eigenvalue weighted by Gasteiger charge is 2.19. The Morgan fingerprint density at radius 1 is 1.18 bits per heavy atom. The molecule has 1 saturated carbocycles. The first-order valence-corrected chi connectivity index (χ1v) is 6.60. The maximum atomic E-state index is 3.53. The van der Waals surface area contributed by atoms with E-state index < -0.39 is 0 Å². The summed E-state index contributed by atoms with van der Waals surface area (Å²) >= 11 is 0. The van der Waals surface area contributed by atoms with Crippen molar-refractivity contribution in [1.82, 2.24) is 10.6 Å². The molecule has 0 unspecified atom stereocenters. The summed E-state index contributed by atoms with van der Waals surface area (Å²) in [6.07, 6.45) is 3.96. The summed E-state index contributed by atoms with van der Waals surface area (Å²) < 4.78 is 0. The average Bonchev–Trinajstić information content (AvgIpc) is 3.18. The van der Waals surface area contributed by atoms with Gasteiger partial charge in [-0.3, -0.25) is 0 Å². The minimum absolute atomic E-state index is 0.833. The second-order valence-electron chi connectivity index (χ2n) is 4.67. The van der Waals surface area contributed by atoms with Crippen molar-refractivity contribution in [2.75, 3.05) is 25.5 Å². The topological polar surface area (TPSA) is 36.1 Å². The van der Waals surface area contributed by atoms with Crippen molar-refractivity contribution < 1.29 is 0 Å². The van der Waals surface area contributed by atoms with Crippen LogP contribution >= 0.6 is 0 Å². The first kappa shape index (κ1) is 12.4. The third-order valence-corrected chi connectivity index (χ3v) is 3.14. The molecule has 0 heterocycles. The molecule has 0 spiro atoms. The standard InChI is InChI=1S/C14H23N3/c1-15-14-6-3-2-5-12(14)11-16-9-4-10-17-13-7-8-13/h2-3,5-6,13,15-17H,4,7-11H2,1H3. The smallest absolute Gasteiger partial charge is 0.0383 e. The molecule has 94 valence electrons. The van der Waals surface area contributed by atoms with Gasteiger partial charge in [-0.25, -0.2) is 0 Å². The summed E-state index contributed by atoms with van der Waals surface area (Å²) in [5, 5.41) is 10.2. The van der Waals surface area contributed by atoms with Gasteiger partial charge >= 0.3 is 0 Å². The predicted octanol–water partition coefficient (Wildman–Crippen LogP) is 1.96. The van der Waals surface area contributed by atoms with Gasteiger partial charge in [-0.1, -0.05) is 18.2 Å². The van der Waals surface area contributed by atoms with Gasteiger partial charge in [-0.2, -0.15) is 0 Å². The average molecular weight is 233 g/mol. The lowest BCUT2D eigenvalue weighted by molar-refractivity contribution is 0.593. The van der Waals surface area contributed by atoms with Crippen molar-refractivity contribution in [2.45, 2.75) is 31.8 Å². The van der Waals surface area contributed by atoms with Crippen LogP contribution in [0, 0.1) is 0 Å². The highest BCUT2D eigenvalue weighted by molar-refractivity contribution is 5.50. The molecule has 0 amide bonds. The molecule has 3 N–H and O–H groups in total. The van der Waals surface area contributed by atoms with E-state index >= 15 is 0 Å². The number of anilines is 1. The van der Waals surface area contributed by atoms with Gasteiger partial charge < -0.3 is 16.0 Å². The molecular formula is C14H23N3. The molecule has 0 aromatic heterocycles. The predicted molar refractivity (Wildman–Crippen MR) is 73.3 cm³/mol. The summed E-state index contributed by atoms with van der Waals surface area (Å²) in [6, 6.07) is 9.27. The molecule has 0 saturated heterocycles. The molecule has 0 aliphatic heterocycles. The van der Waals surface area contributed by atoms with Crippen LogP contribution in [-0.2, 0) is 6.54 Å². The monoisotopic (exact) mass is 233 g/mol. The minimum Gasteiger partial charge on any atom is -0.388 e. The number of benzene rings is 1. The summed E-state index contributed by atoms with van der Waals surface area (Å²) in [6.45, 7) is 3.17. The Labute approximate surface area is 104 Å². The molecule has 1 aliphatic rings. The third kappa shape index (κ3) is 4.36. The summed E-state index contributed by atoms with van der Waals surface area (Å²) in [7, 11) is 1.97. The highest BCUT2D eigenvalue weighted by atomic mass is 15.0. The van der Waals surface area contributed by atoms with Crippen LogP contribution in [0.4, 0.5) is 5.69 Å². The van der Waals surface area contributed by atoms with E-state index in [9.17, 15) is 0 Å². The number of rotatable bonds is 8. The minimum atomic E-state index is 0.833. The van der Waals surface area contributed by atoms with Crippen molar-refractivity contribution in [3.8, 4) is 0 Å². The zero-order valence-electron chi connectivity index (χ0n) is 10.6. The molecule has 0 radical (unpaired) electrons. The van der Waals surface area contributed by atoms with Crippen LogP contribution in [0.25, 0.3) is 0 Å². The molecule has 1 aromatic carbocycles. The molecule has 2 rings (SSSR count). The number of hydrogen-bond acceptors (Lipinski definition) is 3. The molecular weight excluding hydrogens is 210 g/mol. The molecule has 0 atom stereocenters. The number of hydrogen-bond donors (Lipinski definition) is 3. The molecule has 17 heavy (non-hydrogen) atoms. The lowest BCUT2D eigenvalue weighted by atomic mass is 10.2. The summed E-state index contributed by atoms with van der Waals surface area (Å²) in [4.78, 5) is 0. The Bertz CT molecular complexity index is 334. The van der Waals surface area contributed by atoms with E-state index in [0.717, 1.165) is 25.7 Å². The van der Waals surface area contributed by atoms with Gasteiger partial charge in [0.1, 0.15) is 0 Å². The Kier molecular flexibility index (Phi) is 4.83. The van der Waals surface area contributed by atoms with Crippen molar-refractivity contribution in [1.29, 1.82) is 0 Å². The van der Waals surface area contributed by atoms with E-state index in [1.165, 1.54) is 30.5 Å². The van der Waals surface area contributed by atoms with Gasteiger partial charge in [0.25, 0.3) is 0 Å². The quantitative estimate of drug-likeness (QED) is 0.601. The van der Waals surface area contributed by atoms with E-state index in [0.29, 0.717) is 0 Å². The largest absolute Gasteiger partial charge is 0.388 e. The van der Waals surface area contributed by atoms with Crippen molar-refractivity contribution in [3.63, 3.8) is 0 Å². The fourth-order valence-corrected chi connectivity index (χ4v) is 1.95. The van der Waals surface area contributed by atoms with Crippen molar-refractivity contribution >= 4 is 5.69 Å². The first-order chi connectivity index (χ1) is 8.40. The second-order valence-corrected chi connectivity index (χ2v) is 4.67. The van der Waals surface area contributed by atoms with Crippen molar-refractivity contribution in [2.24, 2.45) is 0 Å². The molecule has 1 aliphatic carbocycles. The van der Waals surface area contributed by atoms with Gasteiger partial charge in [-0.05, 0) is 44.0 Å². The van der Waals surface area contributed by atoms with Gasteiger partial charge in [-0.15, -0.1) is 0 Å². The van der Waals surface area contributed by atoms with Gasteiger partial charge in [0.2, 0.25) is 0 Å². The van der Waals surface area contributed by atoms with Crippen molar-refractivity contribution in [3.05, 3.63) is 29.8 Å². The van der Waals surface area contributed by atoms with Crippen LogP contribution in [0.3, 0.4) is 0 Å². The third-order valence-electron chi connectivity index (χ3n) is 3.14. The van der Waals surface area contributed by atoms with Crippen LogP contribution in [-0.4, -0.2) is 26.2 Å². The summed E-state index contributed by atoms with van der Waals surface area (Å²) in [5.74, 6) is 0. The number of para-hydroxylation sites is 1. The molecule has 1 aromatic rings. The fourth-order valence-electron chi connectivity index (χ4n) is 1.95. The van der Waals surface area contributed by atoms with E-state index in [4.69, 9.17) is 0 Å². The molecule has 0 bridgehead atoms. The summed E-state index contributed by atoms with van der Waals surface area (Å²) in [5.41, 5.74) is 2.56. The maximum Gasteiger partial charge on any atom is 0.0383 e. The zero-order chi connectivity index (χ0) is 11.9. The SMILES string of the molecule is CNc1ccccc1CNCCCNC1CC1. The number of nitrogens with one attached hydrogen (secondary N) is 3. The molecule has 3 heteroatoms.